The number of nitrogens with zero attached hydrogens (tertiary/aromatic N) is 1. The molecule has 0 saturated heterocycles. The first-order chi connectivity index (χ1) is 9.04. The number of benzene rings is 1. The lowest BCUT2D eigenvalue weighted by atomic mass is 10.2. The van der Waals surface area contributed by atoms with Crippen LogP contribution in [0.3, 0.4) is 0 Å². The first-order valence-corrected chi connectivity index (χ1v) is 5.14. The molecule has 0 aliphatic rings. The van der Waals surface area contributed by atoms with Crippen molar-refractivity contribution in [2.24, 2.45) is 0 Å². The Morgan fingerprint density at radius 1 is 1.00 bits per heavy atom. The highest BCUT2D eigenvalue weighted by Gasteiger charge is 2.21. The summed E-state index contributed by atoms with van der Waals surface area (Å²) in [7, 11) is 1.35. The van der Waals surface area contributed by atoms with Gasteiger partial charge in [0.25, 0.3) is 11.9 Å². The fraction of sp³-hybridized carbons (Fsp3) is 0.0833. The second kappa shape index (κ2) is 5.13. The first kappa shape index (κ1) is 13.1. The third kappa shape index (κ3) is 2.44. The van der Waals surface area contributed by atoms with Gasteiger partial charge in [-0.1, -0.05) is 12.1 Å². The lowest BCUT2D eigenvalue weighted by Gasteiger charge is -2.12. The molecular formula is C12H8F4N2O. The quantitative estimate of drug-likeness (QED) is 0.687. The van der Waals surface area contributed by atoms with Crippen molar-refractivity contribution < 1.29 is 22.3 Å². The fourth-order valence-electron chi connectivity index (χ4n) is 1.48. The number of nitrogens with one attached hydrogen (secondary N) is 1. The van der Waals surface area contributed by atoms with Crippen LogP contribution in [0.15, 0.2) is 24.3 Å². The van der Waals surface area contributed by atoms with E-state index < -0.39 is 29.2 Å². The fourth-order valence-corrected chi connectivity index (χ4v) is 1.48. The molecule has 0 aliphatic heterocycles. The molecule has 0 aliphatic carbocycles. The van der Waals surface area contributed by atoms with Crippen molar-refractivity contribution in [3.63, 3.8) is 0 Å². The van der Waals surface area contributed by atoms with Gasteiger partial charge in [-0.2, -0.15) is 22.5 Å². The maximum absolute atomic E-state index is 13.4. The number of para-hydroxylation sites is 2. The Morgan fingerprint density at radius 2 is 1.58 bits per heavy atom. The van der Waals surface area contributed by atoms with Crippen LogP contribution in [-0.4, -0.2) is 12.1 Å². The largest absolute Gasteiger partial charge is 0.495 e. The predicted octanol–water partition coefficient (Wildman–Crippen LogP) is 3.39. The van der Waals surface area contributed by atoms with E-state index in [0.29, 0.717) is 0 Å². The van der Waals surface area contributed by atoms with E-state index in [4.69, 9.17) is 4.74 Å². The minimum atomic E-state index is -1.73. The van der Waals surface area contributed by atoms with Crippen LogP contribution < -0.4 is 10.1 Å². The van der Waals surface area contributed by atoms with E-state index in [1.807, 2.05) is 0 Å². The van der Waals surface area contributed by atoms with Crippen molar-refractivity contribution in [2.45, 2.75) is 0 Å². The Labute approximate surface area is 105 Å². The summed E-state index contributed by atoms with van der Waals surface area (Å²) in [6.07, 6.45) is 0. The summed E-state index contributed by atoms with van der Waals surface area (Å²) in [6, 6.07) is 6.15. The predicted molar refractivity (Wildman–Crippen MR) is 60.3 cm³/mol. The molecule has 1 aromatic heterocycles. The third-order valence-electron chi connectivity index (χ3n) is 2.36. The number of hydrogen-bond donors (Lipinski definition) is 1. The number of aromatic nitrogens is 1. The summed E-state index contributed by atoms with van der Waals surface area (Å²) < 4.78 is 57.7. The van der Waals surface area contributed by atoms with Crippen LogP contribution in [0, 0.1) is 23.5 Å². The molecule has 0 amide bonds. The molecule has 2 rings (SSSR count). The van der Waals surface area contributed by atoms with Gasteiger partial charge in [0.05, 0.1) is 12.8 Å². The molecule has 1 aromatic carbocycles. The third-order valence-corrected chi connectivity index (χ3v) is 2.36. The highest BCUT2D eigenvalue weighted by Crippen LogP contribution is 2.30. The van der Waals surface area contributed by atoms with Gasteiger partial charge in [0.15, 0.2) is 0 Å². The van der Waals surface area contributed by atoms with Crippen LogP contribution in [0.5, 0.6) is 5.75 Å². The summed E-state index contributed by atoms with van der Waals surface area (Å²) in [4.78, 5) is 2.46. The number of hydrogen-bond acceptors (Lipinski definition) is 3. The van der Waals surface area contributed by atoms with Gasteiger partial charge in [-0.05, 0) is 12.1 Å². The molecule has 0 atom stereocenters. The van der Waals surface area contributed by atoms with Crippen molar-refractivity contribution in [1.82, 2.24) is 4.98 Å². The minimum absolute atomic E-state index is 0.160. The number of methoxy groups -OCH3 is 1. The monoisotopic (exact) mass is 272 g/mol. The zero-order chi connectivity index (χ0) is 14.0. The second-order valence-electron chi connectivity index (χ2n) is 3.52. The van der Waals surface area contributed by atoms with Crippen molar-refractivity contribution in [3.8, 4) is 5.75 Å². The second-order valence-corrected chi connectivity index (χ2v) is 3.52. The Kier molecular flexibility index (Phi) is 3.55. The van der Waals surface area contributed by atoms with Gasteiger partial charge in [-0.15, -0.1) is 0 Å². The molecule has 19 heavy (non-hydrogen) atoms. The summed E-state index contributed by atoms with van der Waals surface area (Å²) in [5.41, 5.74) is -0.803. The lowest BCUT2D eigenvalue weighted by Crippen LogP contribution is -2.06. The Hall–Kier alpha value is -2.31. The van der Waals surface area contributed by atoms with E-state index in [1.165, 1.54) is 19.2 Å². The van der Waals surface area contributed by atoms with Crippen molar-refractivity contribution in [2.75, 3.05) is 12.4 Å². The van der Waals surface area contributed by atoms with Crippen LogP contribution in [0.25, 0.3) is 0 Å². The van der Waals surface area contributed by atoms with E-state index in [1.54, 1.807) is 12.1 Å². The van der Waals surface area contributed by atoms with Gasteiger partial charge in [0.2, 0.25) is 11.6 Å². The van der Waals surface area contributed by atoms with Crippen molar-refractivity contribution in [1.29, 1.82) is 0 Å². The van der Waals surface area contributed by atoms with E-state index >= 15 is 0 Å². The van der Waals surface area contributed by atoms with Crippen LogP contribution in [-0.2, 0) is 0 Å². The van der Waals surface area contributed by atoms with E-state index in [9.17, 15) is 17.6 Å². The van der Waals surface area contributed by atoms with Crippen LogP contribution in [0.4, 0.5) is 28.9 Å². The zero-order valence-electron chi connectivity index (χ0n) is 9.68. The standard InChI is InChI=1S/C12H8F4N2O/c1-19-7-5-3-2-4-6(7)17-10-8(13)11(15)18-12(16)9(10)14/h2-5H,1H3,(H,17,18). The molecule has 0 unspecified atom stereocenters. The zero-order valence-corrected chi connectivity index (χ0v) is 9.68. The Balaban J connectivity index is 2.49. The van der Waals surface area contributed by atoms with Crippen LogP contribution in [0.1, 0.15) is 0 Å². The highest BCUT2D eigenvalue weighted by atomic mass is 19.2. The molecule has 1 N–H and O–H groups in total. The summed E-state index contributed by atoms with van der Waals surface area (Å²) in [6.45, 7) is 0. The Bertz CT molecular complexity index is 593. The smallest absolute Gasteiger partial charge is 0.253 e. The summed E-state index contributed by atoms with van der Waals surface area (Å²) in [5, 5.41) is 2.25. The maximum atomic E-state index is 13.4. The lowest BCUT2D eigenvalue weighted by molar-refractivity contribution is 0.409. The average Bonchev–Trinajstić information content (AvgIpc) is 2.42. The average molecular weight is 272 g/mol. The molecule has 3 nitrogen and oxygen atoms in total. The molecule has 0 bridgehead atoms. The summed E-state index contributed by atoms with van der Waals surface area (Å²) in [5.74, 6) is -6.40. The van der Waals surface area contributed by atoms with Gasteiger partial charge in [-0.25, -0.2) is 0 Å². The number of pyridine rings is 1. The topological polar surface area (TPSA) is 34.1 Å². The number of anilines is 2. The van der Waals surface area contributed by atoms with E-state index in [-0.39, 0.29) is 11.4 Å². The normalized spacial score (nSPS) is 10.4. The number of halogens is 4. The van der Waals surface area contributed by atoms with Crippen molar-refractivity contribution >= 4 is 11.4 Å². The van der Waals surface area contributed by atoms with Gasteiger partial charge in [0.1, 0.15) is 11.4 Å². The number of ether oxygens (including phenoxy) is 1. The van der Waals surface area contributed by atoms with Crippen LogP contribution in [0.2, 0.25) is 0 Å². The molecule has 100 valence electrons. The van der Waals surface area contributed by atoms with Gasteiger partial charge < -0.3 is 10.1 Å². The molecular weight excluding hydrogens is 264 g/mol. The molecule has 7 heteroatoms. The minimum Gasteiger partial charge on any atom is -0.495 e. The van der Waals surface area contributed by atoms with Gasteiger partial charge in [0, 0.05) is 0 Å². The molecule has 0 saturated carbocycles. The molecule has 0 fully saturated rings. The first-order valence-electron chi connectivity index (χ1n) is 5.14. The highest BCUT2D eigenvalue weighted by molar-refractivity contribution is 5.66. The number of rotatable bonds is 3. The van der Waals surface area contributed by atoms with E-state index in [2.05, 4.69) is 10.3 Å². The Morgan fingerprint density at radius 3 is 2.16 bits per heavy atom. The van der Waals surface area contributed by atoms with E-state index in [0.717, 1.165) is 0 Å². The van der Waals surface area contributed by atoms with Crippen LogP contribution >= 0.6 is 0 Å². The van der Waals surface area contributed by atoms with Gasteiger partial charge >= 0.3 is 0 Å². The molecule has 0 radical (unpaired) electrons. The van der Waals surface area contributed by atoms with Gasteiger partial charge in [-0.3, -0.25) is 0 Å². The van der Waals surface area contributed by atoms with Crippen molar-refractivity contribution in [3.05, 3.63) is 47.8 Å². The molecule has 0 spiro atoms. The molecule has 1 heterocycles. The SMILES string of the molecule is COc1ccccc1Nc1c(F)c(F)nc(F)c1F. The maximum Gasteiger partial charge on any atom is 0.253 e. The molecule has 2 aromatic rings. The summed E-state index contributed by atoms with van der Waals surface area (Å²) >= 11 is 0.